The van der Waals surface area contributed by atoms with E-state index in [1.807, 2.05) is 0 Å². The molecule has 1 aliphatic carbocycles. The number of hydrogen-bond donors (Lipinski definition) is 3. The Hall–Kier alpha value is -1.31. The second-order valence-electron chi connectivity index (χ2n) is 5.43. The van der Waals surface area contributed by atoms with Crippen LogP contribution in [0.4, 0.5) is 11.4 Å². The Morgan fingerprint density at radius 2 is 2.10 bits per heavy atom. The van der Waals surface area contributed by atoms with Crippen molar-refractivity contribution in [1.82, 2.24) is 4.90 Å². The van der Waals surface area contributed by atoms with Crippen molar-refractivity contribution in [3.63, 3.8) is 0 Å². The van der Waals surface area contributed by atoms with Crippen LogP contribution < -0.4 is 16.2 Å². The number of anilines is 2. The van der Waals surface area contributed by atoms with Gasteiger partial charge in [-0.1, -0.05) is 0 Å². The third kappa shape index (κ3) is 3.62. The molecule has 1 aromatic rings. The van der Waals surface area contributed by atoms with Crippen molar-refractivity contribution >= 4 is 21.4 Å². The van der Waals surface area contributed by atoms with E-state index >= 15 is 0 Å². The topological polar surface area (TPSA) is 101 Å². The Bertz CT molecular complexity index is 584. The smallest absolute Gasteiger partial charge is 0.240 e. The molecule has 1 aromatic carbocycles. The number of nitrogen functional groups attached to an aromatic ring is 1. The molecule has 1 unspecified atom stereocenters. The summed E-state index contributed by atoms with van der Waals surface area (Å²) in [6.07, 6.45) is 2.48. The van der Waals surface area contributed by atoms with Crippen molar-refractivity contribution < 1.29 is 8.42 Å². The van der Waals surface area contributed by atoms with Gasteiger partial charge in [0, 0.05) is 24.3 Å². The van der Waals surface area contributed by atoms with Gasteiger partial charge in [-0.15, -0.1) is 0 Å². The number of rotatable bonds is 6. The molecular weight excluding hydrogens is 276 g/mol. The Morgan fingerprint density at radius 3 is 2.65 bits per heavy atom. The van der Waals surface area contributed by atoms with Crippen LogP contribution in [-0.4, -0.2) is 39.0 Å². The number of sulfonamides is 1. The maximum Gasteiger partial charge on any atom is 0.240 e. The third-order valence-electron chi connectivity index (χ3n) is 3.72. The molecule has 0 heterocycles. The largest absolute Gasteiger partial charge is 0.399 e. The molecule has 1 atom stereocenters. The SMILES string of the molecule is CC(CNc1ccc(N)cc1S(N)(=O)=O)N(C)C1CC1. The maximum atomic E-state index is 11.6. The number of likely N-dealkylation sites (N-methyl/N-ethyl adjacent to an activating group) is 1. The van der Waals surface area contributed by atoms with Crippen LogP contribution in [0.1, 0.15) is 19.8 Å². The van der Waals surface area contributed by atoms with Crippen molar-refractivity contribution in [3.8, 4) is 0 Å². The molecule has 5 N–H and O–H groups in total. The molecule has 1 fully saturated rings. The van der Waals surface area contributed by atoms with Crippen LogP contribution in [0, 0.1) is 0 Å². The van der Waals surface area contributed by atoms with Gasteiger partial charge >= 0.3 is 0 Å². The highest BCUT2D eigenvalue weighted by Crippen LogP contribution is 2.27. The molecule has 2 rings (SSSR count). The maximum absolute atomic E-state index is 11.6. The first-order valence-corrected chi connectivity index (χ1v) is 8.22. The highest BCUT2D eigenvalue weighted by atomic mass is 32.2. The van der Waals surface area contributed by atoms with Gasteiger partial charge in [-0.05, 0) is 45.0 Å². The molecule has 112 valence electrons. The van der Waals surface area contributed by atoms with Gasteiger partial charge in [-0.25, -0.2) is 13.6 Å². The normalized spacial score (nSPS) is 17.2. The predicted molar refractivity (Wildman–Crippen MR) is 81.0 cm³/mol. The lowest BCUT2D eigenvalue weighted by atomic mass is 10.2. The quantitative estimate of drug-likeness (QED) is 0.675. The second-order valence-corrected chi connectivity index (χ2v) is 6.96. The molecule has 0 saturated heterocycles. The molecule has 20 heavy (non-hydrogen) atoms. The van der Waals surface area contributed by atoms with Gasteiger partial charge in [0.15, 0.2) is 0 Å². The number of benzene rings is 1. The first kappa shape index (κ1) is 15.1. The van der Waals surface area contributed by atoms with E-state index < -0.39 is 10.0 Å². The minimum Gasteiger partial charge on any atom is -0.399 e. The first-order valence-electron chi connectivity index (χ1n) is 6.67. The molecule has 6 nitrogen and oxygen atoms in total. The summed E-state index contributed by atoms with van der Waals surface area (Å²) in [5.41, 5.74) is 6.50. The van der Waals surface area contributed by atoms with Crippen LogP contribution in [-0.2, 0) is 10.0 Å². The third-order valence-corrected chi connectivity index (χ3v) is 4.67. The average Bonchev–Trinajstić information content (AvgIpc) is 3.19. The van der Waals surface area contributed by atoms with Crippen LogP contribution >= 0.6 is 0 Å². The van der Waals surface area contributed by atoms with Crippen LogP contribution in [0.2, 0.25) is 0 Å². The van der Waals surface area contributed by atoms with E-state index in [1.165, 1.54) is 18.9 Å². The molecule has 0 radical (unpaired) electrons. The number of hydrogen-bond acceptors (Lipinski definition) is 5. The zero-order valence-corrected chi connectivity index (χ0v) is 12.7. The van der Waals surface area contributed by atoms with Crippen LogP contribution in [0.25, 0.3) is 0 Å². The lowest BCUT2D eigenvalue weighted by Gasteiger charge is -2.25. The number of nitrogens with zero attached hydrogens (tertiary/aromatic N) is 1. The summed E-state index contributed by atoms with van der Waals surface area (Å²) >= 11 is 0. The van der Waals surface area contributed by atoms with Gasteiger partial charge in [0.05, 0.1) is 5.69 Å². The van der Waals surface area contributed by atoms with Gasteiger partial charge in [-0.3, -0.25) is 4.90 Å². The monoisotopic (exact) mass is 298 g/mol. The van der Waals surface area contributed by atoms with Crippen LogP contribution in [0.15, 0.2) is 23.1 Å². The molecule has 0 aromatic heterocycles. The fourth-order valence-corrected chi connectivity index (χ4v) is 2.91. The molecule has 1 aliphatic rings. The zero-order valence-electron chi connectivity index (χ0n) is 11.8. The summed E-state index contributed by atoms with van der Waals surface area (Å²) in [4.78, 5) is 2.35. The van der Waals surface area contributed by atoms with Crippen LogP contribution in [0.3, 0.4) is 0 Å². The van der Waals surface area contributed by atoms with E-state index in [1.54, 1.807) is 12.1 Å². The molecule has 0 bridgehead atoms. The van der Waals surface area contributed by atoms with Gasteiger partial charge in [-0.2, -0.15) is 0 Å². The zero-order chi connectivity index (χ0) is 14.9. The number of nitrogens with one attached hydrogen (secondary N) is 1. The lowest BCUT2D eigenvalue weighted by Crippen LogP contribution is -2.36. The summed E-state index contributed by atoms with van der Waals surface area (Å²) in [5.74, 6) is 0. The van der Waals surface area contributed by atoms with E-state index in [4.69, 9.17) is 10.9 Å². The minimum atomic E-state index is -3.78. The van der Waals surface area contributed by atoms with E-state index in [2.05, 4.69) is 24.2 Å². The van der Waals surface area contributed by atoms with Gasteiger partial charge in [0.1, 0.15) is 4.90 Å². The minimum absolute atomic E-state index is 0.0405. The highest BCUT2D eigenvalue weighted by Gasteiger charge is 2.29. The number of nitrogens with two attached hydrogens (primary N) is 2. The van der Waals surface area contributed by atoms with Crippen molar-refractivity contribution in [3.05, 3.63) is 18.2 Å². The summed E-state index contributed by atoms with van der Waals surface area (Å²) in [6, 6.07) is 5.67. The summed E-state index contributed by atoms with van der Waals surface area (Å²) in [7, 11) is -1.69. The summed E-state index contributed by atoms with van der Waals surface area (Å²) < 4.78 is 23.1. The molecule has 1 saturated carbocycles. The second kappa shape index (κ2) is 5.59. The summed E-state index contributed by atoms with van der Waals surface area (Å²) in [5, 5.41) is 8.37. The van der Waals surface area contributed by atoms with Crippen molar-refractivity contribution in [2.45, 2.75) is 36.7 Å². The van der Waals surface area contributed by atoms with E-state index in [-0.39, 0.29) is 4.90 Å². The van der Waals surface area contributed by atoms with E-state index in [9.17, 15) is 8.42 Å². The van der Waals surface area contributed by atoms with Crippen molar-refractivity contribution in [1.29, 1.82) is 0 Å². The Morgan fingerprint density at radius 1 is 1.45 bits per heavy atom. The van der Waals surface area contributed by atoms with Crippen LogP contribution in [0.5, 0.6) is 0 Å². The average molecular weight is 298 g/mol. The molecule has 0 spiro atoms. The summed E-state index contributed by atoms with van der Waals surface area (Å²) in [6.45, 7) is 2.76. The van der Waals surface area contributed by atoms with Gasteiger partial charge in [0.2, 0.25) is 10.0 Å². The Labute approximate surface area is 120 Å². The fourth-order valence-electron chi connectivity index (χ4n) is 2.16. The lowest BCUT2D eigenvalue weighted by molar-refractivity contribution is 0.257. The molecule has 0 amide bonds. The fraction of sp³-hybridized carbons (Fsp3) is 0.538. The van der Waals surface area contributed by atoms with Crippen molar-refractivity contribution in [2.24, 2.45) is 5.14 Å². The molecule has 7 heteroatoms. The van der Waals surface area contributed by atoms with E-state index in [0.29, 0.717) is 30.0 Å². The Balaban J connectivity index is 2.09. The predicted octanol–water partition coefficient (Wildman–Crippen LogP) is 0.811. The highest BCUT2D eigenvalue weighted by molar-refractivity contribution is 7.89. The van der Waals surface area contributed by atoms with Gasteiger partial charge in [0.25, 0.3) is 0 Å². The van der Waals surface area contributed by atoms with E-state index in [0.717, 1.165) is 0 Å². The Kier molecular flexibility index (Phi) is 4.22. The standard InChI is InChI=1S/C13H22N4O2S/c1-9(17(2)11-4-5-11)8-16-12-6-3-10(14)7-13(12)20(15,18)19/h3,6-7,9,11,16H,4-5,8,14H2,1-2H3,(H2,15,18,19). The number of primary sulfonamides is 1. The van der Waals surface area contributed by atoms with Crippen molar-refractivity contribution in [2.75, 3.05) is 24.6 Å². The molecular formula is C13H22N4O2S. The molecule has 0 aliphatic heterocycles. The van der Waals surface area contributed by atoms with Gasteiger partial charge < -0.3 is 11.1 Å². The first-order chi connectivity index (χ1) is 9.29.